The number of aromatic carboxylic acids is 1. The number of hydrogen-bond acceptors (Lipinski definition) is 3. The van der Waals surface area contributed by atoms with Crippen molar-refractivity contribution in [3.05, 3.63) is 29.8 Å². The summed E-state index contributed by atoms with van der Waals surface area (Å²) in [7, 11) is 0. The first-order valence-corrected chi connectivity index (χ1v) is 6.95. The van der Waals surface area contributed by atoms with Crippen LogP contribution in [0.1, 0.15) is 55.8 Å². The van der Waals surface area contributed by atoms with Gasteiger partial charge in [0.05, 0.1) is 17.9 Å². The summed E-state index contributed by atoms with van der Waals surface area (Å²) >= 11 is 0. The van der Waals surface area contributed by atoms with Crippen molar-refractivity contribution in [3.63, 3.8) is 0 Å². The summed E-state index contributed by atoms with van der Waals surface area (Å²) in [5, 5.41) is 8.99. The van der Waals surface area contributed by atoms with E-state index in [0.29, 0.717) is 12.3 Å². The molecule has 0 aliphatic rings. The van der Waals surface area contributed by atoms with Gasteiger partial charge < -0.3 is 5.11 Å². The quantitative estimate of drug-likeness (QED) is 0.494. The highest BCUT2D eigenvalue weighted by Crippen LogP contribution is 2.15. The number of hydrogen-bond donors (Lipinski definition) is 2. The third-order valence-electron chi connectivity index (χ3n) is 2.94. The number of carboxylic acids is 1. The van der Waals surface area contributed by atoms with Crippen molar-refractivity contribution >= 4 is 11.7 Å². The number of unbranched alkanes of at least 4 members (excludes halogenated alkanes) is 5. The molecule has 106 valence electrons. The van der Waals surface area contributed by atoms with E-state index >= 15 is 0 Å². The molecule has 1 rings (SSSR count). The second kappa shape index (κ2) is 9.39. The maximum absolute atomic E-state index is 11.0. The van der Waals surface area contributed by atoms with Crippen molar-refractivity contribution in [2.75, 3.05) is 12.1 Å². The van der Waals surface area contributed by atoms with Crippen LogP contribution >= 0.6 is 0 Å². The monoisotopic (exact) mass is 265 g/mol. The number of anilines is 1. The van der Waals surface area contributed by atoms with E-state index in [9.17, 15) is 4.79 Å². The standard InChI is InChI=1S/C15H23NO3/c1-2-3-4-5-6-9-12-19-16-14-11-8-7-10-13(14)15(17)18/h7-8,10-11,16H,2-6,9,12H2,1H3,(H,17,18). The van der Waals surface area contributed by atoms with Crippen LogP contribution in [0, 0.1) is 0 Å². The molecule has 0 unspecified atom stereocenters. The molecular formula is C15H23NO3. The van der Waals surface area contributed by atoms with Crippen LogP contribution < -0.4 is 5.48 Å². The Hall–Kier alpha value is -1.55. The van der Waals surface area contributed by atoms with E-state index in [1.165, 1.54) is 25.7 Å². The maximum Gasteiger partial charge on any atom is 0.337 e. The van der Waals surface area contributed by atoms with Crippen molar-refractivity contribution in [1.29, 1.82) is 0 Å². The molecule has 4 heteroatoms. The Bertz CT molecular complexity index is 379. The fourth-order valence-electron chi connectivity index (χ4n) is 1.84. The zero-order chi connectivity index (χ0) is 13.9. The summed E-state index contributed by atoms with van der Waals surface area (Å²) in [5.74, 6) is -0.953. The molecule has 0 aliphatic carbocycles. The normalized spacial score (nSPS) is 10.4. The van der Waals surface area contributed by atoms with Crippen LogP contribution in [0.4, 0.5) is 5.69 Å². The van der Waals surface area contributed by atoms with Gasteiger partial charge in [0.2, 0.25) is 0 Å². The largest absolute Gasteiger partial charge is 0.478 e. The molecule has 0 fully saturated rings. The Labute approximate surface area is 114 Å². The molecule has 0 saturated heterocycles. The molecule has 0 radical (unpaired) electrons. The van der Waals surface area contributed by atoms with Crippen LogP contribution in [0.5, 0.6) is 0 Å². The van der Waals surface area contributed by atoms with E-state index in [4.69, 9.17) is 9.94 Å². The van der Waals surface area contributed by atoms with Gasteiger partial charge in [0, 0.05) is 0 Å². The third-order valence-corrected chi connectivity index (χ3v) is 2.94. The van der Waals surface area contributed by atoms with Crippen molar-refractivity contribution in [2.45, 2.75) is 45.4 Å². The average Bonchev–Trinajstić information content (AvgIpc) is 2.42. The van der Waals surface area contributed by atoms with Crippen molar-refractivity contribution in [3.8, 4) is 0 Å². The molecule has 4 nitrogen and oxygen atoms in total. The lowest BCUT2D eigenvalue weighted by Gasteiger charge is -2.09. The zero-order valence-corrected chi connectivity index (χ0v) is 11.5. The Kier molecular flexibility index (Phi) is 7.66. The van der Waals surface area contributed by atoms with Crippen LogP contribution in [0.25, 0.3) is 0 Å². The summed E-state index contributed by atoms with van der Waals surface area (Å²) in [6, 6.07) is 6.73. The highest BCUT2D eigenvalue weighted by Gasteiger charge is 2.08. The highest BCUT2D eigenvalue weighted by molar-refractivity contribution is 5.93. The molecule has 2 N–H and O–H groups in total. The number of carboxylic acid groups (broad SMARTS) is 1. The molecule has 19 heavy (non-hydrogen) atoms. The van der Waals surface area contributed by atoms with Gasteiger partial charge in [-0.15, -0.1) is 0 Å². The van der Waals surface area contributed by atoms with E-state index in [0.717, 1.165) is 12.8 Å². The van der Waals surface area contributed by atoms with E-state index in [-0.39, 0.29) is 5.56 Å². The number of para-hydroxylation sites is 1. The Balaban J connectivity index is 2.17. The average molecular weight is 265 g/mol. The van der Waals surface area contributed by atoms with E-state index < -0.39 is 5.97 Å². The lowest BCUT2D eigenvalue weighted by molar-refractivity contribution is 0.0696. The second-order valence-corrected chi connectivity index (χ2v) is 4.57. The predicted octanol–water partition coefficient (Wildman–Crippen LogP) is 4.09. The number of carbonyl (C=O) groups is 1. The number of benzene rings is 1. The van der Waals surface area contributed by atoms with E-state index in [1.807, 2.05) is 0 Å². The predicted molar refractivity (Wildman–Crippen MR) is 76.4 cm³/mol. The van der Waals surface area contributed by atoms with Gasteiger partial charge in [0.1, 0.15) is 0 Å². The molecule has 0 aliphatic heterocycles. The molecule has 0 heterocycles. The van der Waals surface area contributed by atoms with Gasteiger partial charge in [0.15, 0.2) is 0 Å². The van der Waals surface area contributed by atoms with Crippen LogP contribution in [-0.2, 0) is 4.84 Å². The van der Waals surface area contributed by atoms with E-state index in [2.05, 4.69) is 12.4 Å². The minimum atomic E-state index is -0.953. The second-order valence-electron chi connectivity index (χ2n) is 4.57. The summed E-state index contributed by atoms with van der Waals surface area (Å²) in [4.78, 5) is 16.3. The molecule has 1 aromatic carbocycles. The maximum atomic E-state index is 11.0. The molecule has 0 atom stereocenters. The minimum Gasteiger partial charge on any atom is -0.478 e. The molecule has 0 spiro atoms. The van der Waals surface area contributed by atoms with Gasteiger partial charge in [0.25, 0.3) is 0 Å². The molecule has 0 bridgehead atoms. The van der Waals surface area contributed by atoms with Gasteiger partial charge in [-0.25, -0.2) is 4.79 Å². The first-order valence-electron chi connectivity index (χ1n) is 6.95. The van der Waals surface area contributed by atoms with Gasteiger partial charge in [-0.2, -0.15) is 0 Å². The number of rotatable bonds is 10. The third kappa shape index (κ3) is 6.25. The minimum absolute atomic E-state index is 0.227. The molecule has 0 amide bonds. The fraction of sp³-hybridized carbons (Fsp3) is 0.533. The summed E-state index contributed by atoms with van der Waals surface area (Å²) in [6.07, 6.45) is 7.22. The van der Waals surface area contributed by atoms with Crippen LogP contribution in [0.2, 0.25) is 0 Å². The topological polar surface area (TPSA) is 58.6 Å². The smallest absolute Gasteiger partial charge is 0.337 e. The van der Waals surface area contributed by atoms with Crippen LogP contribution in [0.15, 0.2) is 24.3 Å². The Morgan fingerprint density at radius 2 is 1.84 bits per heavy atom. The van der Waals surface area contributed by atoms with Gasteiger partial charge in [-0.1, -0.05) is 51.2 Å². The molecule has 1 aromatic rings. The highest BCUT2D eigenvalue weighted by atomic mass is 16.6. The van der Waals surface area contributed by atoms with Crippen LogP contribution in [-0.4, -0.2) is 17.7 Å². The molecular weight excluding hydrogens is 242 g/mol. The summed E-state index contributed by atoms with van der Waals surface area (Å²) in [6.45, 7) is 2.80. The fourth-order valence-corrected chi connectivity index (χ4v) is 1.84. The first kappa shape index (κ1) is 15.5. The SMILES string of the molecule is CCCCCCCCONc1ccccc1C(=O)O. The first-order chi connectivity index (χ1) is 9.25. The number of nitrogens with one attached hydrogen (secondary N) is 1. The van der Waals surface area contributed by atoms with E-state index in [1.54, 1.807) is 24.3 Å². The van der Waals surface area contributed by atoms with Crippen molar-refractivity contribution in [2.24, 2.45) is 0 Å². The lowest BCUT2D eigenvalue weighted by Crippen LogP contribution is -2.08. The van der Waals surface area contributed by atoms with Gasteiger partial charge in [-0.3, -0.25) is 10.3 Å². The van der Waals surface area contributed by atoms with Crippen LogP contribution in [0.3, 0.4) is 0 Å². The Morgan fingerprint density at radius 3 is 2.58 bits per heavy atom. The zero-order valence-electron chi connectivity index (χ0n) is 11.5. The summed E-state index contributed by atoms with van der Waals surface area (Å²) < 4.78 is 0. The van der Waals surface area contributed by atoms with Gasteiger partial charge >= 0.3 is 5.97 Å². The summed E-state index contributed by atoms with van der Waals surface area (Å²) in [5.41, 5.74) is 3.44. The van der Waals surface area contributed by atoms with Gasteiger partial charge in [-0.05, 0) is 18.6 Å². The Morgan fingerprint density at radius 1 is 1.16 bits per heavy atom. The molecule has 0 saturated carbocycles. The molecule has 0 aromatic heterocycles. The lowest BCUT2D eigenvalue weighted by atomic mass is 10.1. The van der Waals surface area contributed by atoms with Crippen molar-refractivity contribution in [1.82, 2.24) is 0 Å². The van der Waals surface area contributed by atoms with Crippen molar-refractivity contribution < 1.29 is 14.7 Å².